The molecule has 1 aliphatic heterocycles. The summed E-state index contributed by atoms with van der Waals surface area (Å²) in [5, 5.41) is 15.5. The van der Waals surface area contributed by atoms with Crippen molar-refractivity contribution in [2.75, 3.05) is 19.1 Å². The van der Waals surface area contributed by atoms with Gasteiger partial charge in [0.15, 0.2) is 16.7 Å². The number of aliphatic hydroxyl groups is 1. The highest BCUT2D eigenvalue weighted by atomic mass is 32.2. The molecule has 0 unspecified atom stereocenters. The fraction of sp³-hybridized carbons (Fsp3) is 0.389. The predicted molar refractivity (Wildman–Crippen MR) is 102 cm³/mol. The Morgan fingerprint density at radius 2 is 2.07 bits per heavy atom. The van der Waals surface area contributed by atoms with Crippen LogP contribution in [-0.2, 0) is 29.3 Å². The average molecular weight is 406 g/mol. The number of thioether (sulfide) groups is 1. The van der Waals surface area contributed by atoms with E-state index in [9.17, 15) is 14.7 Å². The molecule has 0 atom stereocenters. The van der Waals surface area contributed by atoms with Gasteiger partial charge < -0.3 is 29.8 Å². The minimum absolute atomic E-state index is 0.0465. The Morgan fingerprint density at radius 3 is 2.86 bits per heavy atom. The first-order valence-corrected chi connectivity index (χ1v) is 9.79. The van der Waals surface area contributed by atoms with Crippen molar-refractivity contribution in [2.45, 2.75) is 31.8 Å². The maximum Gasteiger partial charge on any atom is 0.240 e. The lowest BCUT2D eigenvalue weighted by Gasteiger charge is -2.10. The molecule has 10 heteroatoms. The van der Waals surface area contributed by atoms with Crippen LogP contribution in [0.15, 0.2) is 29.6 Å². The van der Waals surface area contributed by atoms with Gasteiger partial charge in [0.1, 0.15) is 6.54 Å². The average Bonchev–Trinajstić information content (AvgIpc) is 3.31. The molecular weight excluding hydrogens is 384 g/mol. The molecule has 150 valence electrons. The minimum Gasteiger partial charge on any atom is -0.454 e. The highest BCUT2D eigenvalue weighted by molar-refractivity contribution is 7.99. The number of fused-ring (bicyclic) bond motifs is 1. The Kier molecular flexibility index (Phi) is 6.77. The molecule has 1 aliphatic rings. The molecule has 0 bridgehead atoms. The van der Waals surface area contributed by atoms with Crippen LogP contribution in [-0.4, -0.2) is 45.6 Å². The lowest BCUT2D eigenvalue weighted by molar-refractivity contribution is -0.121. The quantitative estimate of drug-likeness (QED) is 0.524. The summed E-state index contributed by atoms with van der Waals surface area (Å²) in [5.74, 6) is 1.17. The van der Waals surface area contributed by atoms with Gasteiger partial charge in [-0.3, -0.25) is 9.59 Å². The Hall–Kier alpha value is -2.72. The molecule has 1 aromatic carbocycles. The van der Waals surface area contributed by atoms with Crippen LogP contribution in [0, 0.1) is 0 Å². The number of carbonyl (C=O) groups is 2. The van der Waals surface area contributed by atoms with E-state index in [1.165, 1.54) is 18.0 Å². The molecule has 0 radical (unpaired) electrons. The van der Waals surface area contributed by atoms with Crippen molar-refractivity contribution in [1.29, 1.82) is 0 Å². The molecule has 3 N–H and O–H groups in total. The highest BCUT2D eigenvalue weighted by Gasteiger charge is 2.16. The number of ether oxygens (including phenoxy) is 2. The van der Waals surface area contributed by atoms with Gasteiger partial charge in [0, 0.05) is 13.1 Å². The number of amides is 2. The monoisotopic (exact) mass is 406 g/mol. The number of nitrogens with zero attached hydrogens (tertiary/aromatic N) is 2. The second-order valence-corrected chi connectivity index (χ2v) is 6.93. The third-order valence-corrected chi connectivity index (χ3v) is 4.99. The van der Waals surface area contributed by atoms with Gasteiger partial charge in [-0.15, -0.1) is 0 Å². The molecule has 0 fully saturated rings. The smallest absolute Gasteiger partial charge is 0.240 e. The summed E-state index contributed by atoms with van der Waals surface area (Å²) in [6.07, 6.45) is 1.51. The lowest BCUT2D eigenvalue weighted by atomic mass is 10.2. The van der Waals surface area contributed by atoms with Crippen LogP contribution in [0.3, 0.4) is 0 Å². The highest BCUT2D eigenvalue weighted by Crippen LogP contribution is 2.32. The summed E-state index contributed by atoms with van der Waals surface area (Å²) in [5.41, 5.74) is 1.43. The van der Waals surface area contributed by atoms with Gasteiger partial charge in [-0.05, 0) is 24.6 Å². The van der Waals surface area contributed by atoms with Crippen LogP contribution >= 0.6 is 11.8 Å². The van der Waals surface area contributed by atoms with E-state index in [0.717, 1.165) is 5.56 Å². The number of likely N-dealkylation sites (N-methyl/N-ethyl adjacent to an activating group) is 1. The molecule has 2 aromatic rings. The minimum atomic E-state index is -0.233. The van der Waals surface area contributed by atoms with Gasteiger partial charge in [0.25, 0.3) is 0 Å². The van der Waals surface area contributed by atoms with Gasteiger partial charge in [0.05, 0.1) is 24.3 Å². The van der Waals surface area contributed by atoms with Crippen molar-refractivity contribution in [3.05, 3.63) is 35.7 Å². The third-order valence-electron chi connectivity index (χ3n) is 4.00. The van der Waals surface area contributed by atoms with Gasteiger partial charge in [-0.25, -0.2) is 4.98 Å². The summed E-state index contributed by atoms with van der Waals surface area (Å²) in [4.78, 5) is 28.2. The van der Waals surface area contributed by atoms with E-state index < -0.39 is 0 Å². The summed E-state index contributed by atoms with van der Waals surface area (Å²) in [6.45, 7) is 2.74. The van der Waals surface area contributed by atoms with Gasteiger partial charge in [-0.1, -0.05) is 17.8 Å². The third kappa shape index (κ3) is 4.96. The number of imidazole rings is 1. The number of nitrogens with one attached hydrogen (secondary N) is 2. The zero-order valence-corrected chi connectivity index (χ0v) is 16.3. The lowest BCUT2D eigenvalue weighted by Crippen LogP contribution is -2.28. The Balaban J connectivity index is 1.53. The van der Waals surface area contributed by atoms with E-state index in [-0.39, 0.29) is 37.5 Å². The molecule has 0 saturated heterocycles. The number of carbonyl (C=O) groups excluding carboxylic acids is 2. The fourth-order valence-electron chi connectivity index (χ4n) is 2.63. The second kappa shape index (κ2) is 9.47. The Bertz CT molecular complexity index is 854. The molecule has 28 heavy (non-hydrogen) atoms. The normalized spacial score (nSPS) is 12.1. The fourth-order valence-corrected chi connectivity index (χ4v) is 3.46. The number of hydrogen-bond acceptors (Lipinski definition) is 7. The summed E-state index contributed by atoms with van der Waals surface area (Å²) < 4.78 is 12.2. The number of aliphatic hydroxyl groups excluding tert-OH is 1. The molecule has 0 saturated carbocycles. The van der Waals surface area contributed by atoms with Crippen LogP contribution in [0.5, 0.6) is 11.5 Å². The van der Waals surface area contributed by atoms with E-state index in [4.69, 9.17) is 9.47 Å². The maximum atomic E-state index is 12.2. The molecule has 9 nitrogen and oxygen atoms in total. The predicted octanol–water partition coefficient (Wildman–Crippen LogP) is 0.649. The van der Waals surface area contributed by atoms with E-state index in [1.807, 2.05) is 25.1 Å². The number of benzene rings is 1. The zero-order chi connectivity index (χ0) is 19.9. The topological polar surface area (TPSA) is 115 Å². The molecular formula is C18H22N4O5S. The van der Waals surface area contributed by atoms with E-state index in [1.54, 1.807) is 4.57 Å². The molecule has 0 aliphatic carbocycles. The second-order valence-electron chi connectivity index (χ2n) is 5.98. The summed E-state index contributed by atoms with van der Waals surface area (Å²) >= 11 is 1.21. The van der Waals surface area contributed by atoms with E-state index >= 15 is 0 Å². The van der Waals surface area contributed by atoms with Crippen molar-refractivity contribution in [1.82, 2.24) is 20.2 Å². The van der Waals surface area contributed by atoms with Crippen molar-refractivity contribution < 1.29 is 24.2 Å². The van der Waals surface area contributed by atoms with Gasteiger partial charge in [-0.2, -0.15) is 0 Å². The zero-order valence-electron chi connectivity index (χ0n) is 15.4. The molecule has 0 spiro atoms. The summed E-state index contributed by atoms with van der Waals surface area (Å²) in [6, 6.07) is 5.52. The van der Waals surface area contributed by atoms with Crippen LogP contribution in [0.25, 0.3) is 0 Å². The van der Waals surface area contributed by atoms with Crippen LogP contribution in [0.2, 0.25) is 0 Å². The van der Waals surface area contributed by atoms with E-state index in [0.29, 0.717) is 35.4 Å². The first-order chi connectivity index (χ1) is 13.6. The van der Waals surface area contributed by atoms with Crippen molar-refractivity contribution >= 4 is 23.6 Å². The van der Waals surface area contributed by atoms with Crippen molar-refractivity contribution in [3.8, 4) is 11.5 Å². The SMILES string of the molecule is CCNC(=O)Cn1c(CO)cnc1SCC(=O)NCc1ccc2c(c1)OCO2. The number of hydrogen-bond donors (Lipinski definition) is 3. The van der Waals surface area contributed by atoms with Gasteiger partial charge >= 0.3 is 0 Å². The number of aromatic nitrogens is 2. The maximum absolute atomic E-state index is 12.2. The largest absolute Gasteiger partial charge is 0.454 e. The first kappa shape index (κ1) is 20.0. The van der Waals surface area contributed by atoms with Gasteiger partial charge in [0.2, 0.25) is 18.6 Å². The van der Waals surface area contributed by atoms with Crippen LogP contribution < -0.4 is 20.1 Å². The summed E-state index contributed by atoms with van der Waals surface area (Å²) in [7, 11) is 0. The molecule has 1 aromatic heterocycles. The molecule has 2 heterocycles. The van der Waals surface area contributed by atoms with Crippen molar-refractivity contribution in [3.63, 3.8) is 0 Å². The van der Waals surface area contributed by atoms with Crippen LogP contribution in [0.4, 0.5) is 0 Å². The Labute approximate surface area is 166 Å². The molecule has 3 rings (SSSR count). The standard InChI is InChI=1S/C18H22N4O5S/c1-2-19-16(24)8-22-13(9-23)7-21-18(22)28-10-17(25)20-6-12-3-4-14-15(5-12)27-11-26-14/h3-5,7,23H,2,6,8-11H2,1H3,(H,19,24)(H,20,25). The van der Waals surface area contributed by atoms with E-state index in [2.05, 4.69) is 15.6 Å². The van der Waals surface area contributed by atoms with Crippen molar-refractivity contribution in [2.24, 2.45) is 0 Å². The first-order valence-electron chi connectivity index (χ1n) is 8.80. The molecule has 2 amide bonds. The van der Waals surface area contributed by atoms with Crippen LogP contribution in [0.1, 0.15) is 18.2 Å². The Morgan fingerprint density at radius 1 is 1.25 bits per heavy atom. The number of rotatable bonds is 9.